The topological polar surface area (TPSA) is 18.5 Å². The van der Waals surface area contributed by atoms with Gasteiger partial charge >= 0.3 is 0 Å². The predicted octanol–water partition coefficient (Wildman–Crippen LogP) is 7.21. The van der Waals surface area contributed by atoms with Crippen molar-refractivity contribution in [1.29, 1.82) is 0 Å². The van der Waals surface area contributed by atoms with E-state index >= 15 is 0 Å². The molecule has 2 aliphatic rings. The fourth-order valence-electron chi connectivity index (χ4n) is 4.29. The van der Waals surface area contributed by atoms with Crippen LogP contribution in [0.1, 0.15) is 65.2 Å². The van der Waals surface area contributed by atoms with Crippen molar-refractivity contribution in [2.45, 2.75) is 116 Å². The Kier molecular flexibility index (Phi) is 8.39. The molecule has 0 saturated heterocycles. The van der Waals surface area contributed by atoms with Gasteiger partial charge in [-0.2, -0.15) is 0 Å². The highest BCUT2D eigenvalue weighted by Gasteiger charge is 2.33. The molecule has 2 atom stereocenters. The van der Waals surface area contributed by atoms with Crippen molar-refractivity contribution in [3.05, 3.63) is 23.3 Å². The van der Waals surface area contributed by atoms with Crippen LogP contribution in [0.15, 0.2) is 23.3 Å². The van der Waals surface area contributed by atoms with Gasteiger partial charge in [0.1, 0.15) is 0 Å². The van der Waals surface area contributed by atoms with Crippen molar-refractivity contribution in [3.63, 3.8) is 0 Å². The maximum absolute atomic E-state index is 6.62. The third-order valence-electron chi connectivity index (χ3n) is 6.02. The molecule has 0 aromatic heterocycles. The largest absolute Gasteiger partial charge is 0.411 e. The van der Waals surface area contributed by atoms with Gasteiger partial charge in [0, 0.05) is 0 Å². The summed E-state index contributed by atoms with van der Waals surface area (Å²) in [5, 5.41) is 0. The smallest absolute Gasteiger partial charge is 0.187 e. The molecule has 0 fully saturated rings. The van der Waals surface area contributed by atoms with Crippen LogP contribution in [-0.4, -0.2) is 28.8 Å². The molecule has 2 rings (SSSR count). The van der Waals surface area contributed by atoms with Gasteiger partial charge in [0.2, 0.25) is 0 Å². The Hall–Kier alpha value is -0.166. The van der Waals surface area contributed by atoms with E-state index in [-0.39, 0.29) is 0 Å². The van der Waals surface area contributed by atoms with Crippen molar-refractivity contribution in [2.75, 3.05) is 0 Å². The fraction of sp³-hybridized carbons (Fsp3) is 0.818. The summed E-state index contributed by atoms with van der Waals surface area (Å²) in [5.74, 6) is 0. The van der Waals surface area contributed by atoms with Crippen molar-refractivity contribution in [2.24, 2.45) is 0 Å². The summed E-state index contributed by atoms with van der Waals surface area (Å²) in [5.41, 5.74) is 3.09. The van der Waals surface area contributed by atoms with E-state index in [0.29, 0.717) is 12.2 Å². The van der Waals surface area contributed by atoms with E-state index in [1.165, 1.54) is 63.5 Å². The van der Waals surface area contributed by atoms with E-state index in [9.17, 15) is 0 Å². The first kappa shape index (κ1) is 22.1. The summed E-state index contributed by atoms with van der Waals surface area (Å²) in [6.07, 6.45) is 15.8. The van der Waals surface area contributed by atoms with Crippen LogP contribution in [-0.2, 0) is 8.85 Å². The van der Waals surface area contributed by atoms with Crippen LogP contribution in [0.4, 0.5) is 0 Å². The van der Waals surface area contributed by atoms with Crippen LogP contribution in [0.2, 0.25) is 38.3 Å². The third kappa shape index (κ3) is 7.45. The summed E-state index contributed by atoms with van der Waals surface area (Å²) in [7, 11) is -3.30. The molecule has 0 aromatic rings. The average Bonchev–Trinajstić information content (AvgIpc) is 2.61. The maximum Gasteiger partial charge on any atom is 0.187 e. The van der Waals surface area contributed by atoms with Crippen LogP contribution in [0.5, 0.6) is 0 Å². The van der Waals surface area contributed by atoms with Gasteiger partial charge in [0.15, 0.2) is 16.6 Å². The Balaban J connectivity index is 1.82. The highest BCUT2D eigenvalue weighted by Crippen LogP contribution is 2.30. The maximum atomic E-state index is 6.62. The molecule has 0 heterocycles. The normalized spacial score (nSPS) is 21.8. The van der Waals surface area contributed by atoms with Gasteiger partial charge in [-0.1, -0.05) is 12.2 Å². The predicted molar refractivity (Wildman–Crippen MR) is 119 cm³/mol. The Morgan fingerprint density at radius 2 is 1.12 bits per heavy atom. The lowest BCUT2D eigenvalue weighted by Gasteiger charge is -2.34. The number of hydrogen-bond donors (Lipinski definition) is 0. The zero-order valence-corrected chi connectivity index (χ0v) is 20.2. The average molecular weight is 395 g/mol. The van der Waals surface area contributed by atoms with Gasteiger partial charge < -0.3 is 8.85 Å². The molecule has 0 radical (unpaired) electrons. The molecule has 2 unspecified atom stereocenters. The van der Waals surface area contributed by atoms with E-state index in [4.69, 9.17) is 8.85 Å². The lowest BCUT2D eigenvalue weighted by Crippen LogP contribution is -2.41. The van der Waals surface area contributed by atoms with E-state index in [2.05, 4.69) is 52.2 Å². The summed E-state index contributed by atoms with van der Waals surface area (Å²) in [6, 6.07) is 2.44. The van der Waals surface area contributed by atoms with Crippen LogP contribution in [0, 0.1) is 0 Å². The lowest BCUT2D eigenvalue weighted by atomic mass is 9.96. The van der Waals surface area contributed by atoms with E-state index < -0.39 is 16.6 Å². The number of rotatable bonds is 9. The quantitative estimate of drug-likeness (QED) is 0.304. The van der Waals surface area contributed by atoms with Gasteiger partial charge in [-0.3, -0.25) is 0 Å². The minimum Gasteiger partial charge on any atom is -0.411 e. The van der Waals surface area contributed by atoms with Crippen LogP contribution >= 0.6 is 0 Å². The second-order valence-electron chi connectivity index (χ2n) is 9.59. The summed E-state index contributed by atoms with van der Waals surface area (Å²) >= 11 is 0. The molecule has 0 amide bonds. The lowest BCUT2D eigenvalue weighted by molar-refractivity contribution is 0.232. The SMILES string of the molecule is CC(O[Si](C)(C)CC[Si](C)(C)OC(C)C1=CCCCC1)C1=CCCCC1. The van der Waals surface area contributed by atoms with Crippen molar-refractivity contribution >= 4 is 16.6 Å². The third-order valence-corrected chi connectivity index (χ3v) is 11.4. The van der Waals surface area contributed by atoms with Crippen LogP contribution in [0.3, 0.4) is 0 Å². The van der Waals surface area contributed by atoms with Gasteiger partial charge in [0.05, 0.1) is 12.2 Å². The molecule has 2 aliphatic carbocycles. The molecule has 0 aliphatic heterocycles. The Bertz CT molecular complexity index is 462. The molecule has 0 N–H and O–H groups in total. The van der Waals surface area contributed by atoms with Gasteiger partial charge in [0.25, 0.3) is 0 Å². The second kappa shape index (κ2) is 9.86. The Morgan fingerprint density at radius 1 is 0.731 bits per heavy atom. The Morgan fingerprint density at radius 3 is 1.42 bits per heavy atom. The molecule has 0 saturated carbocycles. The number of hydrogen-bond acceptors (Lipinski definition) is 2. The van der Waals surface area contributed by atoms with Crippen molar-refractivity contribution in [3.8, 4) is 0 Å². The summed E-state index contributed by atoms with van der Waals surface area (Å²) in [4.78, 5) is 0. The van der Waals surface area contributed by atoms with Crippen LogP contribution in [0.25, 0.3) is 0 Å². The Labute approximate surface area is 164 Å². The minimum absolute atomic E-state index is 0.314. The molecular weight excluding hydrogens is 352 g/mol. The summed E-state index contributed by atoms with van der Waals surface area (Å²) in [6.45, 7) is 14.1. The first-order chi connectivity index (χ1) is 12.2. The van der Waals surface area contributed by atoms with E-state index in [1.54, 1.807) is 11.1 Å². The highest BCUT2D eigenvalue weighted by molar-refractivity contribution is 6.76. The van der Waals surface area contributed by atoms with Gasteiger partial charge in [-0.05, 0) is 115 Å². The monoisotopic (exact) mass is 394 g/mol. The van der Waals surface area contributed by atoms with Gasteiger partial charge in [-0.15, -0.1) is 0 Å². The molecular formula is C22H42O2Si2. The fourth-order valence-corrected chi connectivity index (χ4v) is 11.6. The number of allylic oxidation sites excluding steroid dienone is 2. The second-order valence-corrected chi connectivity index (χ2v) is 18.1. The zero-order chi connectivity index (χ0) is 19.2. The molecule has 2 nitrogen and oxygen atoms in total. The highest BCUT2D eigenvalue weighted by atomic mass is 28.4. The van der Waals surface area contributed by atoms with E-state index in [1.807, 2.05) is 0 Å². The molecule has 0 aromatic carbocycles. The zero-order valence-electron chi connectivity index (χ0n) is 18.2. The standard InChI is InChI=1S/C22H42O2Si2/c1-19(21-13-9-7-10-14-21)23-25(3,4)17-18-26(5,6)24-20(2)22-15-11-8-12-16-22/h13,15,19-20H,7-12,14,16-18H2,1-6H3. The minimum atomic E-state index is -1.65. The summed E-state index contributed by atoms with van der Waals surface area (Å²) < 4.78 is 13.2. The van der Waals surface area contributed by atoms with E-state index in [0.717, 1.165) is 0 Å². The molecule has 150 valence electrons. The van der Waals surface area contributed by atoms with Gasteiger partial charge in [-0.25, -0.2) is 0 Å². The van der Waals surface area contributed by atoms with Crippen molar-refractivity contribution in [1.82, 2.24) is 0 Å². The van der Waals surface area contributed by atoms with Crippen molar-refractivity contribution < 1.29 is 8.85 Å². The van der Waals surface area contributed by atoms with Crippen LogP contribution < -0.4 is 0 Å². The molecule has 0 spiro atoms. The molecule has 4 heteroatoms. The first-order valence-electron chi connectivity index (χ1n) is 10.9. The first-order valence-corrected chi connectivity index (χ1v) is 17.2. The molecule has 26 heavy (non-hydrogen) atoms. The molecule has 0 bridgehead atoms.